The fourth-order valence-corrected chi connectivity index (χ4v) is 1.98. The van der Waals surface area contributed by atoms with Crippen molar-refractivity contribution in [3.63, 3.8) is 0 Å². The van der Waals surface area contributed by atoms with Crippen LogP contribution in [-0.4, -0.2) is 18.1 Å². The molecule has 0 aliphatic rings. The van der Waals surface area contributed by atoms with Gasteiger partial charge >= 0.3 is 5.97 Å². The SMILES string of the molecule is COC(=O)C(CC#N)c1cc2ccccc2[nH]c1=O. The van der Waals surface area contributed by atoms with Crippen LogP contribution < -0.4 is 5.56 Å². The molecule has 1 heterocycles. The Kier molecular flexibility index (Phi) is 3.62. The molecule has 0 saturated carbocycles. The van der Waals surface area contributed by atoms with Gasteiger partial charge in [0.15, 0.2) is 0 Å². The lowest BCUT2D eigenvalue weighted by molar-refractivity contribution is -0.142. The molecular formula is C14H12N2O3. The van der Waals surface area contributed by atoms with Crippen molar-refractivity contribution in [2.45, 2.75) is 12.3 Å². The first-order chi connectivity index (χ1) is 9.17. The fraction of sp³-hybridized carbons (Fsp3) is 0.214. The molecule has 1 N–H and O–H groups in total. The number of carbonyl (C=O) groups is 1. The van der Waals surface area contributed by atoms with E-state index in [1.807, 2.05) is 24.3 Å². The summed E-state index contributed by atoms with van der Waals surface area (Å²) in [5, 5.41) is 9.59. The predicted octanol–water partition coefficient (Wildman–Crippen LogP) is 1.70. The Morgan fingerprint density at radius 1 is 1.47 bits per heavy atom. The van der Waals surface area contributed by atoms with E-state index in [1.165, 1.54) is 7.11 Å². The van der Waals surface area contributed by atoms with E-state index in [1.54, 1.807) is 12.1 Å². The van der Waals surface area contributed by atoms with Gasteiger partial charge in [0.25, 0.3) is 5.56 Å². The Balaban J connectivity index is 2.59. The molecule has 0 aliphatic carbocycles. The van der Waals surface area contributed by atoms with Crippen LogP contribution >= 0.6 is 0 Å². The molecule has 19 heavy (non-hydrogen) atoms. The van der Waals surface area contributed by atoms with Gasteiger partial charge in [-0.2, -0.15) is 5.26 Å². The third-order valence-electron chi connectivity index (χ3n) is 2.94. The van der Waals surface area contributed by atoms with Crippen molar-refractivity contribution in [3.8, 4) is 6.07 Å². The number of para-hydroxylation sites is 1. The van der Waals surface area contributed by atoms with Crippen LogP contribution in [-0.2, 0) is 9.53 Å². The highest BCUT2D eigenvalue weighted by Crippen LogP contribution is 2.20. The summed E-state index contributed by atoms with van der Waals surface area (Å²) in [5.74, 6) is -1.44. The minimum atomic E-state index is -0.858. The first-order valence-electron chi connectivity index (χ1n) is 5.74. The lowest BCUT2D eigenvalue weighted by Gasteiger charge is -2.11. The van der Waals surface area contributed by atoms with Gasteiger partial charge in [0.1, 0.15) is 5.92 Å². The van der Waals surface area contributed by atoms with Gasteiger partial charge < -0.3 is 9.72 Å². The lowest BCUT2D eigenvalue weighted by atomic mass is 9.96. The van der Waals surface area contributed by atoms with Gasteiger partial charge in [0, 0.05) is 11.1 Å². The number of fused-ring (bicyclic) bond motifs is 1. The number of aromatic nitrogens is 1. The number of nitrogens with zero attached hydrogens (tertiary/aromatic N) is 1. The van der Waals surface area contributed by atoms with E-state index in [9.17, 15) is 9.59 Å². The Labute approximate surface area is 109 Å². The van der Waals surface area contributed by atoms with Crippen LogP contribution in [0.1, 0.15) is 17.9 Å². The van der Waals surface area contributed by atoms with Crippen LogP contribution in [0.3, 0.4) is 0 Å². The summed E-state index contributed by atoms with van der Waals surface area (Å²) in [6.07, 6.45) is -0.0892. The minimum Gasteiger partial charge on any atom is -0.469 e. The Morgan fingerprint density at radius 3 is 2.89 bits per heavy atom. The van der Waals surface area contributed by atoms with E-state index >= 15 is 0 Å². The molecule has 1 atom stereocenters. The Morgan fingerprint density at radius 2 is 2.21 bits per heavy atom. The van der Waals surface area contributed by atoms with Crippen molar-refractivity contribution < 1.29 is 9.53 Å². The quantitative estimate of drug-likeness (QED) is 0.847. The molecule has 0 saturated heterocycles. The van der Waals surface area contributed by atoms with E-state index in [2.05, 4.69) is 9.72 Å². The standard InChI is InChI=1S/C14H12N2O3/c1-19-14(18)10(6-7-15)11-8-9-4-2-3-5-12(9)16-13(11)17/h2-5,8,10H,6H2,1H3,(H,16,17). The van der Waals surface area contributed by atoms with E-state index in [4.69, 9.17) is 5.26 Å². The zero-order valence-electron chi connectivity index (χ0n) is 10.3. The molecule has 1 unspecified atom stereocenters. The normalized spacial score (nSPS) is 11.8. The number of carbonyl (C=O) groups excluding carboxylic acids is 1. The van der Waals surface area contributed by atoms with Gasteiger partial charge in [0.05, 0.1) is 19.6 Å². The average molecular weight is 256 g/mol. The van der Waals surface area contributed by atoms with Crippen LogP contribution in [0.25, 0.3) is 10.9 Å². The molecule has 1 aromatic heterocycles. The number of pyridine rings is 1. The number of methoxy groups -OCH3 is 1. The number of aromatic amines is 1. The molecule has 5 nitrogen and oxygen atoms in total. The lowest BCUT2D eigenvalue weighted by Crippen LogP contribution is -2.22. The second-order valence-corrected chi connectivity index (χ2v) is 4.08. The highest BCUT2D eigenvalue weighted by molar-refractivity contribution is 5.83. The largest absolute Gasteiger partial charge is 0.469 e. The van der Waals surface area contributed by atoms with Crippen LogP contribution in [0.5, 0.6) is 0 Å². The van der Waals surface area contributed by atoms with Crippen molar-refractivity contribution in [2.75, 3.05) is 7.11 Å². The maximum absolute atomic E-state index is 12.0. The third kappa shape index (κ3) is 2.47. The summed E-state index contributed by atoms with van der Waals surface area (Å²) < 4.78 is 4.64. The number of ether oxygens (including phenoxy) is 1. The van der Waals surface area contributed by atoms with Crippen LogP contribution in [0.2, 0.25) is 0 Å². The molecule has 0 spiro atoms. The van der Waals surface area contributed by atoms with E-state index < -0.39 is 11.9 Å². The fourth-order valence-electron chi connectivity index (χ4n) is 1.98. The molecule has 0 bridgehead atoms. The summed E-state index contributed by atoms with van der Waals surface area (Å²) in [7, 11) is 1.24. The summed E-state index contributed by atoms with van der Waals surface area (Å²) >= 11 is 0. The highest BCUT2D eigenvalue weighted by Gasteiger charge is 2.24. The van der Waals surface area contributed by atoms with Crippen LogP contribution in [0, 0.1) is 11.3 Å². The number of rotatable bonds is 3. The van der Waals surface area contributed by atoms with Crippen LogP contribution in [0.4, 0.5) is 0 Å². The van der Waals surface area contributed by atoms with Gasteiger partial charge in [-0.15, -0.1) is 0 Å². The van der Waals surface area contributed by atoms with E-state index in [0.717, 1.165) is 5.39 Å². The van der Waals surface area contributed by atoms with Crippen LogP contribution in [0.15, 0.2) is 35.1 Å². The number of nitrogens with one attached hydrogen (secondary N) is 1. The monoisotopic (exact) mass is 256 g/mol. The first-order valence-corrected chi connectivity index (χ1v) is 5.74. The first kappa shape index (κ1) is 12.8. The highest BCUT2D eigenvalue weighted by atomic mass is 16.5. The zero-order chi connectivity index (χ0) is 13.8. The average Bonchev–Trinajstić information content (AvgIpc) is 2.43. The van der Waals surface area contributed by atoms with Crippen molar-refractivity contribution in [1.29, 1.82) is 5.26 Å². The van der Waals surface area contributed by atoms with Gasteiger partial charge in [0.2, 0.25) is 0 Å². The topological polar surface area (TPSA) is 82.9 Å². The van der Waals surface area contributed by atoms with E-state index in [-0.39, 0.29) is 17.5 Å². The summed E-state index contributed by atoms with van der Waals surface area (Å²) in [4.78, 5) is 26.4. The van der Waals surface area contributed by atoms with Crippen molar-refractivity contribution in [3.05, 3.63) is 46.2 Å². The summed E-state index contributed by atoms with van der Waals surface area (Å²) in [6, 6.07) is 10.8. The number of hydrogen-bond acceptors (Lipinski definition) is 4. The Hall–Kier alpha value is -2.61. The molecule has 0 amide bonds. The molecule has 0 aliphatic heterocycles. The van der Waals surface area contributed by atoms with Crippen molar-refractivity contribution >= 4 is 16.9 Å². The summed E-state index contributed by atoms with van der Waals surface area (Å²) in [5.41, 5.74) is 0.577. The maximum atomic E-state index is 12.0. The van der Waals surface area contributed by atoms with E-state index in [0.29, 0.717) is 5.52 Å². The molecule has 0 fully saturated rings. The number of esters is 1. The second kappa shape index (κ2) is 5.36. The van der Waals surface area contributed by atoms with Gasteiger partial charge in [-0.1, -0.05) is 18.2 Å². The zero-order valence-corrected chi connectivity index (χ0v) is 10.3. The Bertz CT molecular complexity index is 712. The number of nitriles is 1. The molecule has 2 aromatic rings. The predicted molar refractivity (Wildman–Crippen MR) is 69.6 cm³/mol. The van der Waals surface area contributed by atoms with Crippen molar-refractivity contribution in [1.82, 2.24) is 4.98 Å². The number of hydrogen-bond donors (Lipinski definition) is 1. The second-order valence-electron chi connectivity index (χ2n) is 4.08. The minimum absolute atomic E-state index is 0.0892. The smallest absolute Gasteiger partial charge is 0.314 e. The van der Waals surface area contributed by atoms with Crippen molar-refractivity contribution in [2.24, 2.45) is 0 Å². The van der Waals surface area contributed by atoms with Gasteiger partial charge in [-0.05, 0) is 17.5 Å². The molecule has 2 rings (SSSR count). The number of benzene rings is 1. The molecule has 96 valence electrons. The number of H-pyrrole nitrogens is 1. The molecule has 1 aromatic carbocycles. The third-order valence-corrected chi connectivity index (χ3v) is 2.94. The molecule has 0 radical (unpaired) electrons. The van der Waals surface area contributed by atoms with Gasteiger partial charge in [-0.3, -0.25) is 9.59 Å². The molecular weight excluding hydrogens is 244 g/mol. The molecule has 5 heteroatoms. The van der Waals surface area contributed by atoms with Gasteiger partial charge in [-0.25, -0.2) is 0 Å². The maximum Gasteiger partial charge on any atom is 0.314 e. The summed E-state index contributed by atoms with van der Waals surface area (Å²) in [6.45, 7) is 0.